The van der Waals surface area contributed by atoms with Crippen LogP contribution in [0.2, 0.25) is 0 Å². The number of hydrogen-bond acceptors (Lipinski definition) is 10. The van der Waals surface area contributed by atoms with E-state index in [9.17, 15) is 19.2 Å². The molecule has 276 valence electrons. The smallest absolute Gasteiger partial charge is 0.411 e. The van der Waals surface area contributed by atoms with Crippen molar-refractivity contribution in [2.75, 3.05) is 49.7 Å². The summed E-state index contributed by atoms with van der Waals surface area (Å²) in [6.45, 7) is 0. The van der Waals surface area contributed by atoms with Gasteiger partial charge in [0.25, 0.3) is 23.6 Å². The molecule has 0 bridgehead atoms. The zero-order chi connectivity index (χ0) is 38.9. The number of nitrogens with zero attached hydrogens (tertiary/aromatic N) is 2. The normalized spacial score (nSPS) is 14.5. The molecule has 2 heterocycles. The summed E-state index contributed by atoms with van der Waals surface area (Å²) in [4.78, 5) is 55.3. The number of hydrogen-bond donors (Lipinski definition) is 2. The lowest BCUT2D eigenvalue weighted by atomic mass is 9.71. The van der Waals surface area contributed by atoms with Gasteiger partial charge in [0.1, 0.15) is 23.0 Å². The number of anilines is 4. The van der Waals surface area contributed by atoms with E-state index >= 15 is 26.3 Å². The SMILES string of the molecule is COc1cc(N2C(=O)c3ccc(C(c4ccc5c(c4)C(=O)N(c4cc(OC)c(N)cc4OC)C5=O)(C(F)(F)F)C(F)(F)F)cc3C2=O)c(OC)cc1N. The number of imide groups is 2. The van der Waals surface area contributed by atoms with Crippen LogP contribution in [-0.4, -0.2) is 64.4 Å². The third-order valence-corrected chi connectivity index (χ3v) is 9.03. The number of nitrogen functional groups attached to an aromatic ring is 2. The molecule has 0 aliphatic carbocycles. The molecule has 4 aromatic carbocycles. The van der Waals surface area contributed by atoms with Gasteiger partial charge in [-0.3, -0.25) is 19.2 Å². The molecular formula is C35H26F6N4O8. The molecule has 0 unspecified atom stereocenters. The molecule has 6 rings (SSSR count). The number of benzene rings is 4. The molecule has 0 saturated carbocycles. The minimum Gasteiger partial charge on any atom is -0.495 e. The van der Waals surface area contributed by atoms with Gasteiger partial charge in [-0.15, -0.1) is 0 Å². The fraction of sp³-hybridized carbons (Fsp3) is 0.200. The van der Waals surface area contributed by atoms with Gasteiger partial charge in [0.2, 0.25) is 5.41 Å². The Bertz CT molecular complexity index is 2100. The third kappa shape index (κ3) is 5.14. The van der Waals surface area contributed by atoms with Crippen LogP contribution in [0.5, 0.6) is 23.0 Å². The molecule has 4 N–H and O–H groups in total. The molecule has 0 radical (unpaired) electrons. The van der Waals surface area contributed by atoms with Gasteiger partial charge in [0, 0.05) is 24.3 Å². The fourth-order valence-electron chi connectivity index (χ4n) is 6.53. The first-order chi connectivity index (χ1) is 24.9. The van der Waals surface area contributed by atoms with Gasteiger partial charge < -0.3 is 30.4 Å². The Balaban J connectivity index is 1.52. The van der Waals surface area contributed by atoms with Gasteiger partial charge in [-0.2, -0.15) is 26.3 Å². The molecule has 0 aromatic heterocycles. The van der Waals surface area contributed by atoms with Crippen LogP contribution in [0.3, 0.4) is 0 Å². The van der Waals surface area contributed by atoms with E-state index in [0.29, 0.717) is 46.2 Å². The van der Waals surface area contributed by atoms with Gasteiger partial charge in [0.05, 0.1) is 73.4 Å². The summed E-state index contributed by atoms with van der Waals surface area (Å²) in [7, 11) is 4.82. The molecule has 0 spiro atoms. The highest BCUT2D eigenvalue weighted by Crippen LogP contribution is 2.57. The summed E-state index contributed by atoms with van der Waals surface area (Å²) in [6.07, 6.45) is -12.4. The summed E-state index contributed by atoms with van der Waals surface area (Å²) < 4.78 is 112. The Hall–Kier alpha value is -6.46. The van der Waals surface area contributed by atoms with Crippen molar-refractivity contribution < 1.29 is 64.5 Å². The molecule has 2 aliphatic rings. The number of amides is 4. The van der Waals surface area contributed by atoms with Crippen LogP contribution in [0.25, 0.3) is 0 Å². The highest BCUT2D eigenvalue weighted by molar-refractivity contribution is 6.36. The van der Waals surface area contributed by atoms with Crippen molar-refractivity contribution in [3.8, 4) is 23.0 Å². The molecule has 2 aliphatic heterocycles. The zero-order valence-corrected chi connectivity index (χ0v) is 27.9. The van der Waals surface area contributed by atoms with Crippen molar-refractivity contribution in [3.63, 3.8) is 0 Å². The van der Waals surface area contributed by atoms with Crippen molar-refractivity contribution in [2.45, 2.75) is 17.8 Å². The Kier molecular flexibility index (Phi) is 8.46. The van der Waals surface area contributed by atoms with Crippen LogP contribution in [0.1, 0.15) is 52.6 Å². The van der Waals surface area contributed by atoms with Gasteiger partial charge in [-0.25, -0.2) is 9.80 Å². The summed E-state index contributed by atoms with van der Waals surface area (Å²) >= 11 is 0. The summed E-state index contributed by atoms with van der Waals surface area (Å²) in [5, 5.41) is 0. The number of alkyl halides is 6. The van der Waals surface area contributed by atoms with Crippen molar-refractivity contribution in [2.24, 2.45) is 0 Å². The topological polar surface area (TPSA) is 164 Å². The average Bonchev–Trinajstić information content (AvgIpc) is 3.50. The minimum atomic E-state index is -6.18. The second-order valence-electron chi connectivity index (χ2n) is 11.7. The average molecular weight is 745 g/mol. The van der Waals surface area contributed by atoms with E-state index in [-0.39, 0.29) is 45.7 Å². The lowest BCUT2D eigenvalue weighted by Gasteiger charge is -2.38. The van der Waals surface area contributed by atoms with Crippen LogP contribution >= 0.6 is 0 Å². The minimum absolute atomic E-state index is 0.0108. The maximum absolute atomic E-state index is 15.3. The first-order valence-corrected chi connectivity index (χ1v) is 15.1. The molecular weight excluding hydrogens is 718 g/mol. The second kappa shape index (κ2) is 12.3. The van der Waals surface area contributed by atoms with E-state index in [2.05, 4.69) is 0 Å². The summed E-state index contributed by atoms with van der Waals surface area (Å²) in [5.41, 5.74) is 0.889. The zero-order valence-electron chi connectivity index (χ0n) is 27.9. The van der Waals surface area contributed by atoms with Crippen molar-refractivity contribution >= 4 is 46.4 Å². The fourth-order valence-corrected chi connectivity index (χ4v) is 6.53. The molecule has 0 saturated heterocycles. The number of carbonyl (C=O) groups excluding carboxylic acids is 4. The molecule has 18 heteroatoms. The maximum Gasteiger partial charge on any atom is 0.411 e. The van der Waals surface area contributed by atoms with E-state index in [1.807, 2.05) is 0 Å². The molecule has 4 aromatic rings. The van der Waals surface area contributed by atoms with Gasteiger partial charge in [-0.1, -0.05) is 12.1 Å². The number of ether oxygens (including phenoxy) is 4. The Morgan fingerprint density at radius 3 is 1.09 bits per heavy atom. The predicted octanol–water partition coefficient (Wildman–Crippen LogP) is 5.90. The highest BCUT2D eigenvalue weighted by Gasteiger charge is 2.73. The number of methoxy groups -OCH3 is 4. The first kappa shape index (κ1) is 36.3. The van der Waals surface area contributed by atoms with Crippen LogP contribution in [-0.2, 0) is 5.41 Å². The van der Waals surface area contributed by atoms with E-state index in [0.717, 1.165) is 12.1 Å². The largest absolute Gasteiger partial charge is 0.495 e. The van der Waals surface area contributed by atoms with Crippen LogP contribution in [0, 0.1) is 0 Å². The van der Waals surface area contributed by atoms with E-state index in [4.69, 9.17) is 30.4 Å². The predicted molar refractivity (Wildman–Crippen MR) is 176 cm³/mol. The summed E-state index contributed by atoms with van der Waals surface area (Å²) in [5.74, 6) is -4.97. The van der Waals surface area contributed by atoms with Gasteiger partial charge >= 0.3 is 12.4 Å². The van der Waals surface area contributed by atoms with Crippen molar-refractivity contribution in [1.82, 2.24) is 0 Å². The molecule has 4 amide bonds. The Morgan fingerprint density at radius 1 is 0.472 bits per heavy atom. The Morgan fingerprint density at radius 2 is 0.792 bits per heavy atom. The lowest BCUT2D eigenvalue weighted by Crippen LogP contribution is -2.55. The Labute approximate surface area is 295 Å². The second-order valence-corrected chi connectivity index (χ2v) is 11.7. The monoisotopic (exact) mass is 744 g/mol. The molecule has 53 heavy (non-hydrogen) atoms. The van der Waals surface area contributed by atoms with Gasteiger partial charge in [-0.05, 0) is 35.4 Å². The first-order valence-electron chi connectivity index (χ1n) is 15.1. The molecule has 12 nitrogen and oxygen atoms in total. The van der Waals surface area contributed by atoms with E-state index in [1.54, 1.807) is 0 Å². The standard InChI is InChI=1S/C35H26F6N4O8/c1-50-25-13-23(27(52-3)11-21(25)42)44-29(46)17-7-5-15(9-19(17)31(44)48)33(34(36,37)38,35(39,40)41)16-6-8-18-20(10-16)32(49)45(30(18)47)24-14-26(51-2)22(43)12-28(24)53-4/h5-14H,42-43H2,1-4H3. The van der Waals surface area contributed by atoms with Crippen LogP contribution in [0.4, 0.5) is 49.1 Å². The van der Waals surface area contributed by atoms with Crippen molar-refractivity contribution in [1.29, 1.82) is 0 Å². The summed E-state index contributed by atoms with van der Waals surface area (Å²) in [6, 6.07) is 7.56. The van der Waals surface area contributed by atoms with Crippen molar-refractivity contribution in [3.05, 3.63) is 94.0 Å². The number of nitrogens with two attached hydrogens (primary N) is 2. The molecule has 0 atom stereocenters. The van der Waals surface area contributed by atoms with Gasteiger partial charge in [0.15, 0.2) is 0 Å². The quantitative estimate of drug-likeness (QED) is 0.126. The van der Waals surface area contributed by atoms with Crippen LogP contribution in [0.15, 0.2) is 60.7 Å². The van der Waals surface area contributed by atoms with E-state index in [1.165, 1.54) is 40.6 Å². The number of halogens is 6. The number of fused-ring (bicyclic) bond motifs is 2. The third-order valence-electron chi connectivity index (χ3n) is 9.03. The van der Waals surface area contributed by atoms with Crippen LogP contribution < -0.4 is 40.2 Å². The lowest BCUT2D eigenvalue weighted by molar-refractivity contribution is -0.288. The van der Waals surface area contributed by atoms with E-state index < -0.39 is 74.8 Å². The number of rotatable bonds is 8. The maximum atomic E-state index is 15.3. The highest BCUT2D eigenvalue weighted by atomic mass is 19.4. The molecule has 0 fully saturated rings. The number of carbonyl (C=O) groups is 4.